The van der Waals surface area contributed by atoms with E-state index in [2.05, 4.69) is 30.3 Å². The van der Waals surface area contributed by atoms with Gasteiger partial charge in [0.05, 0.1) is 19.0 Å². The fourth-order valence-corrected chi connectivity index (χ4v) is 3.35. The van der Waals surface area contributed by atoms with Crippen LogP contribution in [-0.4, -0.2) is 82.7 Å². The minimum Gasteiger partial charge on any atom is -0.450 e. The van der Waals surface area contributed by atoms with Gasteiger partial charge in [0.2, 0.25) is 0 Å². The normalized spacial score (nSPS) is 17.6. The molecule has 28 heavy (non-hydrogen) atoms. The Morgan fingerprint density at radius 2 is 1.93 bits per heavy atom. The highest BCUT2D eigenvalue weighted by Crippen LogP contribution is 2.13. The average molecular weight is 407 g/mol. The number of nitrogens with one attached hydrogen (secondary N) is 1. The van der Waals surface area contributed by atoms with Crippen LogP contribution in [0.3, 0.4) is 0 Å². The number of nitrogens with zero attached hydrogens (tertiary/aromatic N) is 6. The number of hydrogen-bond donors (Lipinski definition) is 2. The zero-order chi connectivity index (χ0) is 19.9. The second kappa shape index (κ2) is 9.49. The van der Waals surface area contributed by atoms with Crippen LogP contribution in [0.5, 0.6) is 0 Å². The molecule has 1 aromatic rings. The van der Waals surface area contributed by atoms with E-state index in [1.165, 1.54) is 0 Å². The quantitative estimate of drug-likeness (QED) is 0.316. The van der Waals surface area contributed by atoms with Crippen molar-refractivity contribution in [3.8, 4) is 0 Å². The molecule has 0 saturated carbocycles. The van der Waals surface area contributed by atoms with Crippen molar-refractivity contribution in [2.24, 2.45) is 10.8 Å². The van der Waals surface area contributed by atoms with Crippen LogP contribution in [0.25, 0.3) is 0 Å². The Kier molecular flexibility index (Phi) is 6.80. The number of amidine groups is 1. The van der Waals surface area contributed by atoms with Crippen molar-refractivity contribution in [1.29, 1.82) is 0 Å². The number of piperazine rings is 1. The number of hydrogen-bond acceptors (Lipinski definition) is 7. The van der Waals surface area contributed by atoms with Crippen molar-refractivity contribution in [1.82, 2.24) is 25.2 Å². The van der Waals surface area contributed by atoms with Crippen LogP contribution in [-0.2, 0) is 4.74 Å². The maximum atomic E-state index is 11.8. The van der Waals surface area contributed by atoms with Crippen LogP contribution in [0.4, 0.5) is 10.6 Å². The van der Waals surface area contributed by atoms with E-state index in [1.54, 1.807) is 24.2 Å². The average Bonchev–Trinajstić information content (AvgIpc) is 3.27. The Labute approximate surface area is 169 Å². The van der Waals surface area contributed by atoms with E-state index in [0.717, 1.165) is 25.9 Å². The third-order valence-electron chi connectivity index (χ3n) is 4.68. The summed E-state index contributed by atoms with van der Waals surface area (Å²) < 4.78 is 5.04. The molecule has 0 aliphatic carbocycles. The molecule has 0 radical (unpaired) electrons. The SMILES string of the molecule is CCOC(=O)N1CCN(c2cncc(/C(N)=N\NC(=S)N3CCCC3)n2)CC1. The van der Waals surface area contributed by atoms with Crippen molar-refractivity contribution in [3.63, 3.8) is 0 Å². The van der Waals surface area contributed by atoms with Gasteiger partial charge in [-0.1, -0.05) is 0 Å². The van der Waals surface area contributed by atoms with Gasteiger partial charge in [-0.3, -0.25) is 10.4 Å². The standard InChI is InChI=1S/C17H26N8O2S/c1-2-27-17(26)25-9-7-23(8-10-25)14-12-19-11-13(20-14)15(18)21-22-16(28)24-5-3-4-6-24/h11-12H,2-10H2,1H3,(H2,18,21)(H,22,28). The van der Waals surface area contributed by atoms with E-state index in [0.29, 0.717) is 49.4 Å². The summed E-state index contributed by atoms with van der Waals surface area (Å²) >= 11 is 5.33. The maximum absolute atomic E-state index is 11.8. The number of likely N-dealkylation sites (tertiary alicyclic amines) is 1. The summed E-state index contributed by atoms with van der Waals surface area (Å²) in [6.07, 6.45) is 5.24. The molecule has 2 aliphatic rings. The minimum atomic E-state index is -0.279. The van der Waals surface area contributed by atoms with Gasteiger partial charge >= 0.3 is 6.09 Å². The molecule has 1 amide bonds. The number of nitrogens with two attached hydrogens (primary N) is 1. The fourth-order valence-electron chi connectivity index (χ4n) is 3.12. The van der Waals surface area contributed by atoms with Gasteiger partial charge in [-0.2, -0.15) is 5.10 Å². The highest BCUT2D eigenvalue weighted by atomic mass is 32.1. The lowest BCUT2D eigenvalue weighted by Crippen LogP contribution is -2.49. The van der Waals surface area contributed by atoms with E-state index < -0.39 is 0 Å². The summed E-state index contributed by atoms with van der Waals surface area (Å²) in [5.41, 5.74) is 9.36. The molecular weight excluding hydrogens is 380 g/mol. The van der Waals surface area contributed by atoms with Crippen LogP contribution in [0, 0.1) is 0 Å². The van der Waals surface area contributed by atoms with Crippen molar-refractivity contribution in [3.05, 3.63) is 18.1 Å². The monoisotopic (exact) mass is 406 g/mol. The van der Waals surface area contributed by atoms with Crippen LogP contribution >= 0.6 is 12.2 Å². The molecular formula is C17H26N8O2S. The third kappa shape index (κ3) is 4.97. The minimum absolute atomic E-state index is 0.223. The molecule has 3 heterocycles. The fraction of sp³-hybridized carbons (Fsp3) is 0.588. The highest BCUT2D eigenvalue weighted by Gasteiger charge is 2.23. The van der Waals surface area contributed by atoms with Gasteiger partial charge in [-0.25, -0.2) is 9.78 Å². The van der Waals surface area contributed by atoms with Crippen molar-refractivity contribution in [2.75, 3.05) is 50.8 Å². The molecule has 10 nitrogen and oxygen atoms in total. The van der Waals surface area contributed by atoms with Gasteiger partial charge < -0.3 is 25.2 Å². The summed E-state index contributed by atoms with van der Waals surface area (Å²) in [7, 11) is 0. The molecule has 0 aromatic carbocycles. The molecule has 3 N–H and O–H groups in total. The molecule has 0 atom stereocenters. The van der Waals surface area contributed by atoms with Crippen LogP contribution in [0.2, 0.25) is 0 Å². The summed E-state index contributed by atoms with van der Waals surface area (Å²) in [6.45, 7) is 6.48. The van der Waals surface area contributed by atoms with Gasteiger partial charge in [-0.05, 0) is 32.0 Å². The Hall–Kier alpha value is -2.69. The number of thiocarbonyl (C=S) groups is 1. The highest BCUT2D eigenvalue weighted by molar-refractivity contribution is 7.80. The smallest absolute Gasteiger partial charge is 0.409 e. The Balaban J connectivity index is 1.58. The Morgan fingerprint density at radius 1 is 1.21 bits per heavy atom. The van der Waals surface area contributed by atoms with E-state index >= 15 is 0 Å². The third-order valence-corrected chi connectivity index (χ3v) is 5.03. The largest absolute Gasteiger partial charge is 0.450 e. The van der Waals surface area contributed by atoms with Gasteiger partial charge in [0.1, 0.15) is 11.5 Å². The first-order valence-corrected chi connectivity index (χ1v) is 9.86. The molecule has 2 aliphatic heterocycles. The molecule has 0 spiro atoms. The molecule has 2 fully saturated rings. The van der Waals surface area contributed by atoms with E-state index in [9.17, 15) is 4.79 Å². The summed E-state index contributed by atoms with van der Waals surface area (Å²) in [5, 5.41) is 4.72. The number of aromatic nitrogens is 2. The topological polar surface area (TPSA) is 112 Å². The molecule has 2 saturated heterocycles. The van der Waals surface area contributed by atoms with Crippen molar-refractivity contribution >= 4 is 35.1 Å². The number of rotatable bonds is 4. The number of carbonyl (C=O) groups excluding carboxylic acids is 1. The van der Waals surface area contributed by atoms with Crippen LogP contribution in [0.15, 0.2) is 17.5 Å². The van der Waals surface area contributed by atoms with Crippen LogP contribution < -0.4 is 16.1 Å². The number of carbonyl (C=O) groups is 1. The summed E-state index contributed by atoms with van der Waals surface area (Å²) in [6, 6.07) is 0. The molecule has 0 unspecified atom stereocenters. The van der Waals surface area contributed by atoms with Crippen molar-refractivity contribution < 1.29 is 9.53 Å². The first-order chi connectivity index (χ1) is 13.6. The summed E-state index contributed by atoms with van der Waals surface area (Å²) in [4.78, 5) is 26.4. The number of hydrazone groups is 1. The predicted octanol–water partition coefficient (Wildman–Crippen LogP) is 0.346. The molecule has 152 valence electrons. The lowest BCUT2D eigenvalue weighted by molar-refractivity contribution is 0.105. The molecule has 3 rings (SSSR count). The van der Waals surface area contributed by atoms with Gasteiger partial charge in [0.15, 0.2) is 10.9 Å². The van der Waals surface area contributed by atoms with E-state index in [1.807, 2.05) is 0 Å². The zero-order valence-corrected chi connectivity index (χ0v) is 16.8. The van der Waals surface area contributed by atoms with Gasteiger partial charge in [0.25, 0.3) is 0 Å². The number of amides is 1. The lowest BCUT2D eigenvalue weighted by Gasteiger charge is -2.34. The van der Waals surface area contributed by atoms with E-state index in [-0.39, 0.29) is 11.9 Å². The zero-order valence-electron chi connectivity index (χ0n) is 16.0. The van der Waals surface area contributed by atoms with Gasteiger partial charge in [0, 0.05) is 39.3 Å². The number of ether oxygens (including phenoxy) is 1. The first kappa shape index (κ1) is 20.1. The molecule has 11 heteroatoms. The summed E-state index contributed by atoms with van der Waals surface area (Å²) in [5.74, 6) is 0.919. The van der Waals surface area contributed by atoms with Crippen molar-refractivity contribution in [2.45, 2.75) is 19.8 Å². The Morgan fingerprint density at radius 3 is 2.61 bits per heavy atom. The number of anilines is 1. The Bertz CT molecular complexity index is 730. The first-order valence-electron chi connectivity index (χ1n) is 9.45. The predicted molar refractivity (Wildman–Crippen MR) is 110 cm³/mol. The van der Waals surface area contributed by atoms with E-state index in [4.69, 9.17) is 22.7 Å². The second-order valence-corrected chi connectivity index (χ2v) is 6.93. The van der Waals surface area contributed by atoms with Gasteiger partial charge in [-0.15, -0.1) is 0 Å². The second-order valence-electron chi connectivity index (χ2n) is 6.54. The molecule has 1 aromatic heterocycles. The molecule has 0 bridgehead atoms. The maximum Gasteiger partial charge on any atom is 0.409 e. The van der Waals surface area contributed by atoms with Crippen LogP contribution in [0.1, 0.15) is 25.5 Å². The lowest BCUT2D eigenvalue weighted by atomic mass is 10.3.